The lowest BCUT2D eigenvalue weighted by molar-refractivity contribution is -0.384. The molecule has 0 saturated carbocycles. The zero-order valence-electron chi connectivity index (χ0n) is 49.0. The SMILES string of the molecule is CCOc1cc(N=Nc2c(Br)cc(C)cc2[N+](=O)[O-])c(NC(C)=O)cc1N(C)C.COc1cc(N=Nc2c(Br)cc(C)cc2[N+](=O)[O-])c(NC(C)=O)cc1N(C)C.COc1cc(N=Nc2c(Cl)cc(C)cc2[N+](=O)[O-])c(NC(C)=O)cc1N(C)C. The topological polar surface area (TPSA) is 328 Å². The van der Waals surface area contributed by atoms with Crippen molar-refractivity contribution in [3.63, 3.8) is 0 Å². The zero-order chi connectivity index (χ0) is 63.7. The fraction of sp³-hybridized carbons (Fsp3) is 0.291. The van der Waals surface area contributed by atoms with Crippen LogP contribution in [0.2, 0.25) is 5.02 Å². The van der Waals surface area contributed by atoms with Gasteiger partial charge in [0.1, 0.15) is 34.3 Å². The van der Waals surface area contributed by atoms with Crippen LogP contribution in [0, 0.1) is 51.1 Å². The number of nitrogens with zero attached hydrogens (tertiary/aromatic N) is 12. The molecular formula is C55H62Br2ClN15O12. The average Bonchev–Trinajstić information content (AvgIpc) is 3.31. The molecule has 0 fully saturated rings. The standard InChI is InChI=1S/C19H22BrN5O4.C18H20BrN5O4.C18H20ClN5O4/c1-6-29-18-10-15(14(21-12(3)26)9-16(18)24(4)5)22-23-19-13(20)7-11(2)8-17(19)25(27)28;2*1-10-6-12(19)18(16(7-10)24(26)27)22-21-14-9-17(28-5)15(23(3)4)8-13(14)20-11(2)25/h7-10H,6H2,1-5H3,(H,21,26);2*6-9H,1-5H3,(H,20,25). The minimum absolute atomic E-state index is 0.0679. The van der Waals surface area contributed by atoms with Gasteiger partial charge in [-0.2, -0.15) is 0 Å². The molecule has 6 aromatic carbocycles. The molecule has 0 heterocycles. The molecule has 0 aliphatic heterocycles. The van der Waals surface area contributed by atoms with Crippen LogP contribution in [0.1, 0.15) is 44.4 Å². The Labute approximate surface area is 511 Å². The fourth-order valence-electron chi connectivity index (χ4n) is 7.61. The third-order valence-electron chi connectivity index (χ3n) is 11.3. The molecular weight excluding hydrogens is 1260 g/mol. The summed E-state index contributed by atoms with van der Waals surface area (Å²) in [6.45, 7) is 11.6. The second-order valence-corrected chi connectivity index (χ2v) is 20.9. The minimum Gasteiger partial charge on any atom is -0.494 e. The largest absolute Gasteiger partial charge is 0.494 e. The van der Waals surface area contributed by atoms with Crippen molar-refractivity contribution in [2.24, 2.45) is 30.7 Å². The summed E-state index contributed by atoms with van der Waals surface area (Å²) in [6, 6.07) is 19.1. The Morgan fingerprint density at radius 1 is 0.494 bits per heavy atom. The number of azo groups is 3. The predicted octanol–water partition coefficient (Wildman–Crippen LogP) is 15.6. The van der Waals surface area contributed by atoms with Gasteiger partial charge in [-0.3, -0.25) is 44.7 Å². The normalized spacial score (nSPS) is 10.8. The first kappa shape index (κ1) is 68.3. The summed E-state index contributed by atoms with van der Waals surface area (Å²) in [4.78, 5) is 72.8. The van der Waals surface area contributed by atoms with Crippen LogP contribution in [0.15, 0.2) is 112 Å². The molecule has 0 unspecified atom stereocenters. The Hall–Kier alpha value is -9.22. The highest BCUT2D eigenvalue weighted by Gasteiger charge is 2.23. The number of nitro groups is 3. The molecule has 3 amide bonds. The van der Waals surface area contributed by atoms with E-state index in [-0.39, 0.29) is 62.6 Å². The number of rotatable bonds is 19. The Balaban J connectivity index is 0.000000273. The molecule has 0 aliphatic rings. The second-order valence-electron chi connectivity index (χ2n) is 18.8. The summed E-state index contributed by atoms with van der Waals surface area (Å²) in [7, 11) is 14.0. The number of hydrogen-bond donors (Lipinski definition) is 3. The fourth-order valence-corrected chi connectivity index (χ4v) is 9.21. The summed E-state index contributed by atoms with van der Waals surface area (Å²) in [5.74, 6) is 0.707. The molecule has 0 aromatic heterocycles. The van der Waals surface area contributed by atoms with Gasteiger partial charge in [0, 0.05) is 99.5 Å². The molecule has 450 valence electrons. The van der Waals surface area contributed by atoms with Crippen LogP contribution >= 0.6 is 43.5 Å². The van der Waals surface area contributed by atoms with E-state index in [4.69, 9.17) is 25.8 Å². The molecule has 0 aliphatic carbocycles. The molecule has 6 aromatic rings. The predicted molar refractivity (Wildman–Crippen MR) is 336 cm³/mol. The van der Waals surface area contributed by atoms with E-state index in [2.05, 4.69) is 78.5 Å². The number of anilines is 6. The highest BCUT2D eigenvalue weighted by atomic mass is 79.9. The summed E-state index contributed by atoms with van der Waals surface area (Å²) in [6.07, 6.45) is 0. The third-order valence-corrected chi connectivity index (χ3v) is 12.8. The van der Waals surface area contributed by atoms with Crippen LogP contribution in [0.25, 0.3) is 0 Å². The van der Waals surface area contributed by atoms with Crippen molar-refractivity contribution in [1.29, 1.82) is 0 Å². The van der Waals surface area contributed by atoms with Gasteiger partial charge >= 0.3 is 0 Å². The summed E-state index contributed by atoms with van der Waals surface area (Å²) < 4.78 is 17.3. The number of methoxy groups -OCH3 is 2. The highest BCUT2D eigenvalue weighted by Crippen LogP contribution is 2.45. The maximum atomic E-state index is 11.6. The van der Waals surface area contributed by atoms with Gasteiger partial charge in [0.05, 0.1) is 83.7 Å². The number of carbonyl (C=O) groups excluding carboxylic acids is 3. The Morgan fingerprint density at radius 2 is 0.788 bits per heavy atom. The number of carbonyl (C=O) groups is 3. The quantitative estimate of drug-likeness (QED) is 0.0385. The number of ether oxygens (including phenoxy) is 3. The number of aryl methyl sites for hydroxylation is 3. The van der Waals surface area contributed by atoms with Crippen LogP contribution in [0.3, 0.4) is 0 Å². The van der Waals surface area contributed by atoms with Crippen molar-refractivity contribution in [3.8, 4) is 17.2 Å². The lowest BCUT2D eigenvalue weighted by atomic mass is 10.2. The molecule has 6 rings (SSSR count). The van der Waals surface area contributed by atoms with Crippen LogP contribution in [-0.2, 0) is 14.4 Å². The zero-order valence-corrected chi connectivity index (χ0v) is 53.0. The molecule has 30 heteroatoms. The number of amides is 3. The first-order valence-corrected chi connectivity index (χ1v) is 27.1. The maximum absolute atomic E-state index is 11.6. The van der Waals surface area contributed by atoms with Gasteiger partial charge in [-0.15, -0.1) is 30.7 Å². The molecule has 0 atom stereocenters. The lowest BCUT2D eigenvalue weighted by Crippen LogP contribution is -2.13. The maximum Gasteiger partial charge on any atom is 0.298 e. The van der Waals surface area contributed by atoms with Gasteiger partial charge in [-0.05, 0) is 113 Å². The summed E-state index contributed by atoms with van der Waals surface area (Å²) in [5.41, 5.74) is 5.85. The number of benzene rings is 6. The number of halogens is 3. The van der Waals surface area contributed by atoms with E-state index in [1.807, 2.05) is 63.9 Å². The van der Waals surface area contributed by atoms with Crippen molar-refractivity contribution in [2.75, 3.05) is 93.8 Å². The van der Waals surface area contributed by atoms with Crippen molar-refractivity contribution in [2.45, 2.75) is 48.5 Å². The van der Waals surface area contributed by atoms with Gasteiger partial charge < -0.3 is 44.9 Å². The van der Waals surface area contributed by atoms with Crippen LogP contribution < -0.4 is 44.9 Å². The van der Waals surface area contributed by atoms with E-state index in [0.29, 0.717) is 78.1 Å². The third kappa shape index (κ3) is 18.9. The van der Waals surface area contributed by atoms with E-state index in [9.17, 15) is 44.7 Å². The van der Waals surface area contributed by atoms with Crippen molar-refractivity contribution in [1.82, 2.24) is 0 Å². The average molecular weight is 1320 g/mol. The smallest absolute Gasteiger partial charge is 0.298 e. The molecule has 0 radical (unpaired) electrons. The van der Waals surface area contributed by atoms with Crippen molar-refractivity contribution < 1.29 is 43.4 Å². The van der Waals surface area contributed by atoms with Crippen LogP contribution in [0.4, 0.5) is 85.3 Å². The monoisotopic (exact) mass is 1320 g/mol. The Morgan fingerprint density at radius 3 is 1.08 bits per heavy atom. The van der Waals surface area contributed by atoms with Gasteiger partial charge in [-0.1, -0.05) is 11.6 Å². The van der Waals surface area contributed by atoms with Crippen molar-refractivity contribution in [3.05, 3.63) is 134 Å². The molecule has 3 N–H and O–H groups in total. The number of nitrogens with one attached hydrogen (secondary N) is 3. The van der Waals surface area contributed by atoms with E-state index in [1.54, 1.807) is 75.4 Å². The summed E-state index contributed by atoms with van der Waals surface area (Å²) in [5, 5.41) is 66.9. The van der Waals surface area contributed by atoms with Gasteiger partial charge in [0.25, 0.3) is 17.1 Å². The Kier molecular flexibility index (Phi) is 24.8. The molecule has 0 saturated heterocycles. The Bertz CT molecular complexity index is 3480. The molecule has 27 nitrogen and oxygen atoms in total. The van der Waals surface area contributed by atoms with Crippen molar-refractivity contribution >= 4 is 146 Å². The van der Waals surface area contributed by atoms with Gasteiger partial charge in [0.15, 0.2) is 17.1 Å². The molecule has 0 spiro atoms. The number of nitro benzene ring substituents is 3. The van der Waals surface area contributed by atoms with Crippen LogP contribution in [-0.4, -0.2) is 95.6 Å². The molecule has 0 bridgehead atoms. The van der Waals surface area contributed by atoms with Gasteiger partial charge in [-0.25, -0.2) is 0 Å². The number of hydrogen-bond acceptors (Lipinski definition) is 21. The summed E-state index contributed by atoms with van der Waals surface area (Å²) >= 11 is 12.7. The minimum atomic E-state index is -0.572. The second kappa shape index (κ2) is 30.9. The molecule has 85 heavy (non-hydrogen) atoms. The first-order valence-electron chi connectivity index (χ1n) is 25.1. The van der Waals surface area contributed by atoms with E-state index in [0.717, 1.165) is 16.9 Å². The highest BCUT2D eigenvalue weighted by molar-refractivity contribution is 9.11. The lowest BCUT2D eigenvalue weighted by Gasteiger charge is -2.19. The van der Waals surface area contributed by atoms with E-state index < -0.39 is 14.8 Å². The van der Waals surface area contributed by atoms with E-state index in [1.165, 1.54) is 53.2 Å². The first-order chi connectivity index (χ1) is 39.9. The van der Waals surface area contributed by atoms with Gasteiger partial charge in [0.2, 0.25) is 17.7 Å². The van der Waals surface area contributed by atoms with E-state index >= 15 is 0 Å². The van der Waals surface area contributed by atoms with Crippen LogP contribution in [0.5, 0.6) is 17.2 Å².